The zero-order valence-corrected chi connectivity index (χ0v) is 16.7. The van der Waals surface area contributed by atoms with Gasteiger partial charge in [0.2, 0.25) is 0 Å². The highest BCUT2D eigenvalue weighted by atomic mass is 16.5. The molecular weight excluding hydrogens is 360 g/mol. The monoisotopic (exact) mass is 390 g/mol. The third-order valence-electron chi connectivity index (χ3n) is 5.60. The highest BCUT2D eigenvalue weighted by Crippen LogP contribution is 2.35. The Morgan fingerprint density at radius 2 is 1.96 bits per heavy atom. The van der Waals surface area contributed by atoms with Crippen molar-refractivity contribution in [2.45, 2.75) is 38.2 Å². The number of ether oxygens (including phenoxy) is 3. The van der Waals surface area contributed by atoms with Crippen LogP contribution in [0.4, 0.5) is 5.69 Å². The Bertz CT molecular complexity index is 672. The predicted octanol–water partition coefficient (Wildman–Crippen LogP) is 2.46. The highest BCUT2D eigenvalue weighted by Gasteiger charge is 2.41. The average Bonchev–Trinajstić information content (AvgIpc) is 2.73. The Hall–Kier alpha value is -2.12. The van der Waals surface area contributed by atoms with Crippen molar-refractivity contribution in [3.63, 3.8) is 0 Å². The van der Waals surface area contributed by atoms with Crippen molar-refractivity contribution in [3.05, 3.63) is 24.3 Å². The molecule has 2 fully saturated rings. The Balaban J connectivity index is 1.52. The van der Waals surface area contributed by atoms with Crippen molar-refractivity contribution < 1.29 is 23.8 Å². The van der Waals surface area contributed by atoms with Crippen LogP contribution in [0.1, 0.15) is 32.6 Å². The SMILES string of the molecule is CO[C@]1(C(=O)Nc2ccc(OCC(=O)N3CCOCC3)cc2)CCC[C@H](C)C1. The van der Waals surface area contributed by atoms with E-state index in [1.54, 1.807) is 36.3 Å². The van der Waals surface area contributed by atoms with Crippen LogP contribution < -0.4 is 10.1 Å². The van der Waals surface area contributed by atoms with Crippen LogP contribution >= 0.6 is 0 Å². The molecule has 2 aliphatic rings. The van der Waals surface area contributed by atoms with Gasteiger partial charge in [0, 0.05) is 25.9 Å². The molecule has 1 aromatic rings. The van der Waals surface area contributed by atoms with Crippen LogP contribution in [0.25, 0.3) is 0 Å². The van der Waals surface area contributed by atoms with Gasteiger partial charge in [-0.3, -0.25) is 9.59 Å². The second kappa shape index (κ2) is 9.39. The first-order chi connectivity index (χ1) is 13.5. The summed E-state index contributed by atoms with van der Waals surface area (Å²) in [6.45, 7) is 4.50. The number of benzene rings is 1. The summed E-state index contributed by atoms with van der Waals surface area (Å²) in [5, 5.41) is 2.96. The molecule has 1 heterocycles. The summed E-state index contributed by atoms with van der Waals surface area (Å²) in [6.07, 6.45) is 3.60. The van der Waals surface area contributed by atoms with Crippen molar-refractivity contribution in [2.75, 3.05) is 45.3 Å². The van der Waals surface area contributed by atoms with Crippen LogP contribution in [0, 0.1) is 5.92 Å². The second-order valence-electron chi connectivity index (χ2n) is 7.66. The molecule has 0 radical (unpaired) electrons. The van der Waals surface area contributed by atoms with Gasteiger partial charge in [-0.05, 0) is 49.4 Å². The molecule has 1 aromatic carbocycles. The first-order valence-corrected chi connectivity index (χ1v) is 9.97. The van der Waals surface area contributed by atoms with E-state index in [-0.39, 0.29) is 18.4 Å². The van der Waals surface area contributed by atoms with Crippen LogP contribution in [-0.4, -0.2) is 62.3 Å². The lowest BCUT2D eigenvalue weighted by molar-refractivity contribution is -0.143. The molecule has 28 heavy (non-hydrogen) atoms. The molecule has 7 nitrogen and oxygen atoms in total. The summed E-state index contributed by atoms with van der Waals surface area (Å²) in [6, 6.07) is 7.07. The maximum atomic E-state index is 12.8. The second-order valence-corrected chi connectivity index (χ2v) is 7.66. The Labute approximate surface area is 166 Å². The minimum Gasteiger partial charge on any atom is -0.484 e. The van der Waals surface area contributed by atoms with Crippen molar-refractivity contribution >= 4 is 17.5 Å². The van der Waals surface area contributed by atoms with Crippen LogP contribution in [-0.2, 0) is 19.1 Å². The summed E-state index contributed by atoms with van der Waals surface area (Å²) in [4.78, 5) is 26.7. The lowest BCUT2D eigenvalue weighted by atomic mass is 9.78. The fraction of sp³-hybridized carbons (Fsp3) is 0.619. The first-order valence-electron chi connectivity index (χ1n) is 9.97. The van der Waals surface area contributed by atoms with Gasteiger partial charge < -0.3 is 24.4 Å². The van der Waals surface area contributed by atoms with E-state index in [1.807, 2.05) is 0 Å². The van der Waals surface area contributed by atoms with Crippen LogP contribution in [0.3, 0.4) is 0 Å². The van der Waals surface area contributed by atoms with Gasteiger partial charge in [-0.25, -0.2) is 0 Å². The molecule has 1 aliphatic heterocycles. The Kier molecular flexibility index (Phi) is 6.91. The van der Waals surface area contributed by atoms with Gasteiger partial charge in [-0.1, -0.05) is 13.3 Å². The number of nitrogens with zero attached hydrogens (tertiary/aromatic N) is 1. The van der Waals surface area contributed by atoms with Crippen molar-refractivity contribution in [2.24, 2.45) is 5.92 Å². The molecule has 0 spiro atoms. The molecule has 1 aliphatic carbocycles. The summed E-state index contributed by atoms with van der Waals surface area (Å²) in [5.41, 5.74) is -0.0660. The Morgan fingerprint density at radius 1 is 1.25 bits per heavy atom. The molecule has 154 valence electrons. The summed E-state index contributed by atoms with van der Waals surface area (Å²) < 4.78 is 16.5. The molecule has 1 saturated heterocycles. The number of carbonyl (C=O) groups excluding carboxylic acids is 2. The fourth-order valence-electron chi connectivity index (χ4n) is 3.92. The first kappa shape index (κ1) is 20.6. The lowest BCUT2D eigenvalue weighted by Gasteiger charge is -2.37. The molecule has 1 saturated carbocycles. The minimum atomic E-state index is -0.753. The van der Waals surface area contributed by atoms with Crippen LogP contribution in [0.2, 0.25) is 0 Å². The number of rotatable bonds is 6. The van der Waals surface area contributed by atoms with E-state index < -0.39 is 5.60 Å². The quantitative estimate of drug-likeness (QED) is 0.807. The van der Waals surface area contributed by atoms with Crippen LogP contribution in [0.5, 0.6) is 5.75 Å². The topological polar surface area (TPSA) is 77.1 Å². The fourth-order valence-corrected chi connectivity index (χ4v) is 3.92. The number of anilines is 1. The zero-order chi connectivity index (χ0) is 20.0. The van der Waals surface area contributed by atoms with Crippen LogP contribution in [0.15, 0.2) is 24.3 Å². The maximum absolute atomic E-state index is 12.8. The van der Waals surface area contributed by atoms with E-state index in [1.165, 1.54) is 0 Å². The third-order valence-corrected chi connectivity index (χ3v) is 5.60. The smallest absolute Gasteiger partial charge is 0.260 e. The standard InChI is InChI=1S/C21H30N2O5/c1-16-4-3-9-21(14-16,26-2)20(25)22-17-5-7-18(8-6-17)28-15-19(24)23-10-12-27-13-11-23/h5-8,16H,3-4,9-15H2,1-2H3,(H,22,25)/t16-,21+/m0/s1. The molecule has 0 bridgehead atoms. The molecule has 3 rings (SSSR count). The molecule has 1 N–H and O–H groups in total. The van der Waals surface area contributed by atoms with Gasteiger partial charge in [-0.2, -0.15) is 0 Å². The van der Waals surface area contributed by atoms with E-state index in [0.29, 0.717) is 43.7 Å². The largest absolute Gasteiger partial charge is 0.484 e. The minimum absolute atomic E-state index is 0.00359. The van der Waals surface area contributed by atoms with E-state index in [4.69, 9.17) is 14.2 Å². The number of nitrogens with one attached hydrogen (secondary N) is 1. The molecule has 0 aromatic heterocycles. The van der Waals surface area contributed by atoms with Gasteiger partial charge >= 0.3 is 0 Å². The average molecular weight is 390 g/mol. The molecule has 2 amide bonds. The normalized spacial score (nSPS) is 25.2. The Morgan fingerprint density at radius 3 is 2.61 bits per heavy atom. The maximum Gasteiger partial charge on any atom is 0.260 e. The van der Waals surface area contributed by atoms with Gasteiger partial charge in [0.05, 0.1) is 13.2 Å². The number of hydrogen-bond acceptors (Lipinski definition) is 5. The highest BCUT2D eigenvalue weighted by molar-refractivity contribution is 5.97. The zero-order valence-electron chi connectivity index (χ0n) is 16.7. The summed E-state index contributed by atoms with van der Waals surface area (Å²) >= 11 is 0. The number of carbonyl (C=O) groups is 2. The van der Waals surface area contributed by atoms with Gasteiger partial charge in [0.25, 0.3) is 11.8 Å². The van der Waals surface area contributed by atoms with Crippen molar-refractivity contribution in [1.82, 2.24) is 4.90 Å². The van der Waals surface area contributed by atoms with Gasteiger partial charge in [0.1, 0.15) is 11.4 Å². The summed E-state index contributed by atoms with van der Waals surface area (Å²) in [7, 11) is 1.61. The lowest BCUT2D eigenvalue weighted by Crippen LogP contribution is -2.47. The van der Waals surface area contributed by atoms with E-state index >= 15 is 0 Å². The predicted molar refractivity (Wildman–Crippen MR) is 105 cm³/mol. The van der Waals surface area contributed by atoms with Crippen molar-refractivity contribution in [3.8, 4) is 5.75 Å². The molecule has 0 unspecified atom stereocenters. The number of morpholine rings is 1. The molecule has 2 atom stereocenters. The number of methoxy groups -OCH3 is 1. The number of amides is 2. The van der Waals surface area contributed by atoms with Gasteiger partial charge in [-0.15, -0.1) is 0 Å². The van der Waals surface area contributed by atoms with E-state index in [2.05, 4.69) is 12.2 Å². The third kappa shape index (κ3) is 5.02. The molecular formula is C21H30N2O5. The number of hydrogen-bond donors (Lipinski definition) is 1. The van der Waals surface area contributed by atoms with Gasteiger partial charge in [0.15, 0.2) is 6.61 Å². The van der Waals surface area contributed by atoms with E-state index in [0.717, 1.165) is 25.7 Å². The summed E-state index contributed by atoms with van der Waals surface area (Å²) in [5.74, 6) is 0.915. The molecule has 7 heteroatoms. The van der Waals surface area contributed by atoms with Crippen molar-refractivity contribution in [1.29, 1.82) is 0 Å². The van der Waals surface area contributed by atoms with E-state index in [9.17, 15) is 9.59 Å².